The van der Waals surface area contributed by atoms with Crippen LogP contribution in [0.2, 0.25) is 0 Å². The van der Waals surface area contributed by atoms with Gasteiger partial charge in [0.1, 0.15) is 0 Å². The lowest BCUT2D eigenvalue weighted by Gasteiger charge is -2.27. The van der Waals surface area contributed by atoms with Gasteiger partial charge in [-0.25, -0.2) is 0 Å². The van der Waals surface area contributed by atoms with Crippen molar-refractivity contribution < 1.29 is 4.79 Å². The Hall–Kier alpha value is -1.22. The first-order chi connectivity index (χ1) is 12.2. The molecule has 0 bridgehead atoms. The summed E-state index contributed by atoms with van der Waals surface area (Å²) in [5, 5.41) is 7.39. The molecule has 1 N–H and O–H groups in total. The van der Waals surface area contributed by atoms with Gasteiger partial charge in [0.05, 0.1) is 0 Å². The van der Waals surface area contributed by atoms with Crippen molar-refractivity contribution in [2.75, 3.05) is 0 Å². The van der Waals surface area contributed by atoms with Crippen LogP contribution >= 0.6 is 0 Å². The van der Waals surface area contributed by atoms with Crippen LogP contribution in [-0.4, -0.2) is 18.0 Å². The fraction of sp³-hybridized carbons (Fsp3) is 0.950. The number of hydrogen-bond donors (Lipinski definition) is 1. The van der Waals surface area contributed by atoms with E-state index in [4.69, 9.17) is 5.53 Å². The molecular formula is C20H36N4O. The molecule has 142 valence electrons. The van der Waals surface area contributed by atoms with Crippen LogP contribution in [0, 0.1) is 11.8 Å². The van der Waals surface area contributed by atoms with Gasteiger partial charge in [-0.3, -0.25) is 4.79 Å². The SMILES string of the molecule is C[C@H]1CCC(NC(=O)C2CCCCCCC2)CCCCCC1N=[N+]=[N-]. The van der Waals surface area contributed by atoms with E-state index in [2.05, 4.69) is 22.3 Å². The summed E-state index contributed by atoms with van der Waals surface area (Å²) in [6.07, 6.45) is 16.0. The molecular weight excluding hydrogens is 312 g/mol. The average Bonchev–Trinajstić information content (AvgIpc) is 2.57. The highest BCUT2D eigenvalue weighted by Crippen LogP contribution is 2.26. The van der Waals surface area contributed by atoms with Gasteiger partial charge >= 0.3 is 0 Å². The molecule has 0 heterocycles. The molecule has 5 heteroatoms. The maximum Gasteiger partial charge on any atom is 0.223 e. The molecule has 0 spiro atoms. The van der Waals surface area contributed by atoms with Gasteiger partial charge in [0.2, 0.25) is 5.91 Å². The van der Waals surface area contributed by atoms with Crippen LogP contribution in [0.5, 0.6) is 0 Å². The predicted octanol–water partition coefficient (Wildman–Crippen LogP) is 5.89. The minimum Gasteiger partial charge on any atom is -0.353 e. The van der Waals surface area contributed by atoms with E-state index in [1.54, 1.807) is 0 Å². The maximum absolute atomic E-state index is 12.8. The van der Waals surface area contributed by atoms with Crippen molar-refractivity contribution >= 4 is 5.91 Å². The van der Waals surface area contributed by atoms with E-state index in [1.165, 1.54) is 38.5 Å². The minimum absolute atomic E-state index is 0.116. The fourth-order valence-electron chi connectivity index (χ4n) is 4.43. The topological polar surface area (TPSA) is 77.9 Å². The second-order valence-electron chi connectivity index (χ2n) is 8.21. The van der Waals surface area contributed by atoms with Gasteiger partial charge in [-0.05, 0) is 50.0 Å². The summed E-state index contributed by atoms with van der Waals surface area (Å²) in [4.78, 5) is 15.8. The van der Waals surface area contributed by atoms with Crippen LogP contribution in [0.25, 0.3) is 10.4 Å². The number of nitrogens with zero attached hydrogens (tertiary/aromatic N) is 3. The van der Waals surface area contributed by atoms with Gasteiger partial charge in [-0.1, -0.05) is 63.4 Å². The fourth-order valence-corrected chi connectivity index (χ4v) is 4.43. The lowest BCUT2D eigenvalue weighted by atomic mass is 9.87. The highest BCUT2D eigenvalue weighted by molar-refractivity contribution is 5.78. The van der Waals surface area contributed by atoms with Crippen LogP contribution in [0.4, 0.5) is 0 Å². The molecule has 5 nitrogen and oxygen atoms in total. The van der Waals surface area contributed by atoms with Gasteiger partial charge in [0.15, 0.2) is 0 Å². The summed E-state index contributed by atoms with van der Waals surface area (Å²) < 4.78 is 0. The van der Waals surface area contributed by atoms with Crippen molar-refractivity contribution in [3.8, 4) is 0 Å². The van der Waals surface area contributed by atoms with Crippen LogP contribution in [0.3, 0.4) is 0 Å². The quantitative estimate of drug-likeness (QED) is 0.385. The smallest absolute Gasteiger partial charge is 0.223 e. The normalized spacial score (nSPS) is 30.4. The molecule has 2 fully saturated rings. The molecule has 2 unspecified atom stereocenters. The minimum atomic E-state index is 0.116. The molecule has 2 rings (SSSR count). The zero-order valence-electron chi connectivity index (χ0n) is 16.0. The van der Waals surface area contributed by atoms with E-state index in [-0.39, 0.29) is 12.0 Å². The lowest BCUT2D eigenvalue weighted by Crippen LogP contribution is -2.39. The summed E-state index contributed by atoms with van der Waals surface area (Å²) in [6, 6.07) is 0.412. The standard InChI is InChI=1S/C20H36N4O/c1-16-14-15-18(12-8-5-9-13-19(16)23-24-21)22-20(25)17-10-6-3-2-4-7-11-17/h16-19H,2-15H2,1H3,(H,22,25)/t16-,18?,19?/m0/s1. The number of azide groups is 1. The molecule has 0 aromatic rings. The zero-order valence-corrected chi connectivity index (χ0v) is 16.0. The highest BCUT2D eigenvalue weighted by Gasteiger charge is 2.24. The molecule has 0 radical (unpaired) electrons. The second kappa shape index (κ2) is 11.4. The Labute approximate surface area is 153 Å². The van der Waals surface area contributed by atoms with Crippen LogP contribution in [0.15, 0.2) is 5.11 Å². The Morgan fingerprint density at radius 2 is 1.48 bits per heavy atom. The monoisotopic (exact) mass is 348 g/mol. The van der Waals surface area contributed by atoms with Crippen molar-refractivity contribution in [3.05, 3.63) is 10.4 Å². The van der Waals surface area contributed by atoms with Crippen LogP contribution in [-0.2, 0) is 4.79 Å². The number of rotatable bonds is 3. The first-order valence-corrected chi connectivity index (χ1v) is 10.5. The van der Waals surface area contributed by atoms with Crippen LogP contribution < -0.4 is 5.32 Å². The van der Waals surface area contributed by atoms with E-state index in [9.17, 15) is 4.79 Å². The van der Waals surface area contributed by atoms with Crippen molar-refractivity contribution in [2.45, 2.75) is 109 Å². The molecule has 2 aliphatic carbocycles. The van der Waals surface area contributed by atoms with Gasteiger partial charge in [0.25, 0.3) is 0 Å². The van der Waals surface area contributed by atoms with Crippen molar-refractivity contribution in [1.29, 1.82) is 0 Å². The average molecular weight is 349 g/mol. The first kappa shape index (κ1) is 20.1. The van der Waals surface area contributed by atoms with E-state index in [0.717, 1.165) is 51.4 Å². The molecule has 1 amide bonds. The third-order valence-corrected chi connectivity index (χ3v) is 6.20. The largest absolute Gasteiger partial charge is 0.353 e. The highest BCUT2D eigenvalue weighted by atomic mass is 16.1. The molecule has 0 aromatic heterocycles. The van der Waals surface area contributed by atoms with E-state index < -0.39 is 0 Å². The molecule has 0 aromatic carbocycles. The third-order valence-electron chi connectivity index (χ3n) is 6.20. The Morgan fingerprint density at radius 3 is 2.20 bits per heavy atom. The Bertz CT molecular complexity index is 439. The lowest BCUT2D eigenvalue weighted by molar-refractivity contribution is -0.126. The van der Waals surface area contributed by atoms with Crippen molar-refractivity contribution in [2.24, 2.45) is 17.0 Å². The van der Waals surface area contributed by atoms with Gasteiger partial charge in [0, 0.05) is 22.9 Å². The second-order valence-corrected chi connectivity index (χ2v) is 8.21. The summed E-state index contributed by atoms with van der Waals surface area (Å²) in [5.41, 5.74) is 8.78. The molecule has 3 atom stereocenters. The summed E-state index contributed by atoms with van der Waals surface area (Å²) in [6.45, 7) is 2.19. The maximum atomic E-state index is 12.8. The first-order valence-electron chi connectivity index (χ1n) is 10.5. The van der Waals surface area contributed by atoms with Gasteiger partial charge in [-0.2, -0.15) is 0 Å². The van der Waals surface area contributed by atoms with E-state index >= 15 is 0 Å². The van der Waals surface area contributed by atoms with E-state index in [0.29, 0.717) is 17.9 Å². The number of hydrogen-bond acceptors (Lipinski definition) is 2. The summed E-state index contributed by atoms with van der Waals surface area (Å²) >= 11 is 0. The number of carbonyl (C=O) groups is 1. The molecule has 25 heavy (non-hydrogen) atoms. The van der Waals surface area contributed by atoms with Gasteiger partial charge in [-0.15, -0.1) is 0 Å². The molecule has 0 aliphatic heterocycles. The molecule has 2 saturated carbocycles. The predicted molar refractivity (Wildman–Crippen MR) is 102 cm³/mol. The Kier molecular flexibility index (Phi) is 9.17. The summed E-state index contributed by atoms with van der Waals surface area (Å²) in [5.74, 6) is 0.919. The Balaban J connectivity index is 1.87. The summed E-state index contributed by atoms with van der Waals surface area (Å²) in [7, 11) is 0. The van der Waals surface area contributed by atoms with E-state index in [1.807, 2.05) is 0 Å². The number of amides is 1. The van der Waals surface area contributed by atoms with Crippen molar-refractivity contribution in [1.82, 2.24) is 5.32 Å². The molecule has 0 saturated heterocycles. The third kappa shape index (κ3) is 7.27. The number of nitrogens with one attached hydrogen (secondary N) is 1. The number of carbonyl (C=O) groups excluding carboxylic acids is 1. The van der Waals surface area contributed by atoms with Crippen LogP contribution in [0.1, 0.15) is 96.8 Å². The van der Waals surface area contributed by atoms with Gasteiger partial charge < -0.3 is 5.32 Å². The zero-order chi connectivity index (χ0) is 17.9. The van der Waals surface area contributed by atoms with Crippen molar-refractivity contribution in [3.63, 3.8) is 0 Å². The molecule has 2 aliphatic rings. The Morgan fingerprint density at radius 1 is 0.880 bits per heavy atom.